The number of rotatable bonds is 8. The molecule has 1 aliphatic rings. The molecule has 1 aromatic heterocycles. The molecule has 1 atom stereocenters. The van der Waals surface area contributed by atoms with Gasteiger partial charge in [-0.25, -0.2) is 9.78 Å². The second kappa shape index (κ2) is 8.11. The lowest BCUT2D eigenvalue weighted by Crippen LogP contribution is -2.32. The van der Waals surface area contributed by atoms with Gasteiger partial charge in [-0.05, 0) is 25.3 Å². The molecule has 0 saturated heterocycles. The lowest BCUT2D eigenvalue weighted by atomic mass is 10.0. The number of benzene rings is 1. The predicted octanol–water partition coefficient (Wildman–Crippen LogP) is 3.06. The summed E-state index contributed by atoms with van der Waals surface area (Å²) in [7, 11) is 0. The van der Waals surface area contributed by atoms with Crippen LogP contribution < -0.4 is 5.32 Å². The zero-order valence-corrected chi connectivity index (χ0v) is 15.1. The first kappa shape index (κ1) is 18.7. The number of hydrogen-bond donors (Lipinski definition) is 3. The van der Waals surface area contributed by atoms with Crippen molar-refractivity contribution in [3.63, 3.8) is 0 Å². The minimum atomic E-state index is -0.539. The number of aromatic nitrogens is 1. The van der Waals surface area contributed by atoms with E-state index >= 15 is 0 Å². The molecule has 9 heteroatoms. The zero-order valence-electron chi connectivity index (χ0n) is 14.3. The van der Waals surface area contributed by atoms with Crippen LogP contribution >= 0.6 is 11.3 Å². The van der Waals surface area contributed by atoms with Crippen molar-refractivity contribution in [2.75, 3.05) is 13.2 Å². The van der Waals surface area contributed by atoms with Crippen molar-refractivity contribution in [3.8, 4) is 0 Å². The number of thiazole rings is 1. The lowest BCUT2D eigenvalue weighted by molar-refractivity contribution is -0.495. The van der Waals surface area contributed by atoms with E-state index in [9.17, 15) is 4.79 Å². The van der Waals surface area contributed by atoms with Crippen LogP contribution in [0.4, 0.5) is 4.79 Å². The summed E-state index contributed by atoms with van der Waals surface area (Å²) in [4.78, 5) is 22.2. The summed E-state index contributed by atoms with van der Waals surface area (Å²) in [6.07, 6.45) is 1.05. The molecule has 3 N–H and O–H groups in total. The third-order valence-corrected chi connectivity index (χ3v) is 5.39. The van der Waals surface area contributed by atoms with Crippen LogP contribution in [0.2, 0.25) is 0 Å². The summed E-state index contributed by atoms with van der Waals surface area (Å²) in [6.45, 7) is 2.13. The van der Waals surface area contributed by atoms with Gasteiger partial charge < -0.3 is 10.1 Å². The van der Waals surface area contributed by atoms with E-state index in [1.807, 2.05) is 37.3 Å². The smallest absolute Gasteiger partial charge is 0.407 e. The van der Waals surface area contributed by atoms with Gasteiger partial charge >= 0.3 is 6.09 Å². The summed E-state index contributed by atoms with van der Waals surface area (Å²) in [6, 6.07) is 9.29. The van der Waals surface area contributed by atoms with Gasteiger partial charge in [0.1, 0.15) is 6.61 Å². The fourth-order valence-electron chi connectivity index (χ4n) is 2.61. The van der Waals surface area contributed by atoms with Gasteiger partial charge in [-0.1, -0.05) is 30.3 Å². The molecule has 0 spiro atoms. The maximum atomic E-state index is 12.3. The molecule has 1 saturated carbocycles. The SMILES string of the molecule is Cc1ncsc1C(NC(=O)OCC1(CON(O)O)CC1)c1ccccc1. The minimum Gasteiger partial charge on any atom is -0.449 e. The van der Waals surface area contributed by atoms with E-state index in [0.717, 1.165) is 29.0 Å². The Bertz CT molecular complexity index is 733. The van der Waals surface area contributed by atoms with E-state index < -0.39 is 6.09 Å². The Balaban J connectivity index is 1.62. The molecule has 1 fully saturated rings. The summed E-state index contributed by atoms with van der Waals surface area (Å²) in [5.74, 6) is 0. The lowest BCUT2D eigenvalue weighted by Gasteiger charge is -2.20. The Kier molecular flexibility index (Phi) is 5.84. The van der Waals surface area contributed by atoms with Crippen molar-refractivity contribution < 1.29 is 24.8 Å². The average molecular weight is 379 g/mol. The van der Waals surface area contributed by atoms with Gasteiger partial charge in [0, 0.05) is 5.41 Å². The number of amides is 1. The minimum absolute atomic E-state index is 0.0728. The summed E-state index contributed by atoms with van der Waals surface area (Å²) >= 11 is 1.48. The molecular weight excluding hydrogens is 358 g/mol. The van der Waals surface area contributed by atoms with Crippen molar-refractivity contribution in [1.29, 1.82) is 0 Å². The highest BCUT2D eigenvalue weighted by Gasteiger charge is 2.45. The molecule has 26 heavy (non-hydrogen) atoms. The molecule has 0 radical (unpaired) electrons. The Morgan fingerprint density at radius 2 is 2.08 bits per heavy atom. The van der Waals surface area contributed by atoms with Gasteiger partial charge in [0.2, 0.25) is 0 Å². The van der Waals surface area contributed by atoms with Crippen LogP contribution in [0.3, 0.4) is 0 Å². The standard InChI is InChI=1S/C17H21N3O5S/c1-12-15(26-11-18-12)14(13-5-3-2-4-6-13)19-16(21)24-9-17(7-8-17)10-25-20(22)23/h2-6,11,14,22-23H,7-10H2,1H3,(H,19,21). The zero-order chi connectivity index (χ0) is 18.6. The third kappa shape index (κ3) is 4.77. The second-order valence-corrected chi connectivity index (χ2v) is 7.28. The number of nitrogens with one attached hydrogen (secondary N) is 1. The van der Waals surface area contributed by atoms with Crippen LogP contribution in [0.1, 0.15) is 35.0 Å². The van der Waals surface area contributed by atoms with Crippen molar-refractivity contribution in [3.05, 3.63) is 52.0 Å². The molecule has 1 amide bonds. The van der Waals surface area contributed by atoms with Crippen LogP contribution in [0.5, 0.6) is 0 Å². The van der Waals surface area contributed by atoms with Gasteiger partial charge in [-0.15, -0.1) is 11.3 Å². The van der Waals surface area contributed by atoms with E-state index in [2.05, 4.69) is 15.1 Å². The van der Waals surface area contributed by atoms with Crippen molar-refractivity contribution in [2.24, 2.45) is 5.41 Å². The predicted molar refractivity (Wildman–Crippen MR) is 92.7 cm³/mol. The first-order valence-corrected chi connectivity index (χ1v) is 9.06. The first-order valence-electron chi connectivity index (χ1n) is 8.18. The Morgan fingerprint density at radius 3 is 2.65 bits per heavy atom. The molecule has 1 heterocycles. The maximum Gasteiger partial charge on any atom is 0.407 e. The van der Waals surface area contributed by atoms with Crippen molar-refractivity contribution in [2.45, 2.75) is 25.8 Å². The monoisotopic (exact) mass is 379 g/mol. The van der Waals surface area contributed by atoms with Gasteiger partial charge in [0.15, 0.2) is 0 Å². The highest BCUT2D eigenvalue weighted by molar-refractivity contribution is 7.09. The Morgan fingerprint density at radius 1 is 1.35 bits per heavy atom. The van der Waals surface area contributed by atoms with Crippen LogP contribution in [-0.2, 0) is 9.57 Å². The van der Waals surface area contributed by atoms with Crippen LogP contribution in [-0.4, -0.2) is 40.1 Å². The Hall–Kier alpha value is -2.04. The number of hydrogen-bond acceptors (Lipinski definition) is 8. The number of nitrogens with zero attached hydrogens (tertiary/aromatic N) is 2. The molecular formula is C17H21N3O5S. The van der Waals surface area contributed by atoms with Gasteiger partial charge in [-0.3, -0.25) is 15.3 Å². The van der Waals surface area contributed by atoms with E-state index in [-0.39, 0.29) is 30.1 Å². The summed E-state index contributed by atoms with van der Waals surface area (Å²) in [5, 5.41) is 19.9. The maximum absolute atomic E-state index is 12.3. The van der Waals surface area contributed by atoms with Gasteiger partial charge in [-0.2, -0.15) is 0 Å². The van der Waals surface area contributed by atoms with Gasteiger partial charge in [0.25, 0.3) is 0 Å². The molecule has 2 aromatic rings. The second-order valence-electron chi connectivity index (χ2n) is 6.39. The summed E-state index contributed by atoms with van der Waals surface area (Å²) in [5.41, 5.74) is 3.20. The topological polar surface area (TPSA) is 104 Å². The number of carbonyl (C=O) groups is 1. The molecule has 3 rings (SSSR count). The van der Waals surface area contributed by atoms with Crippen molar-refractivity contribution in [1.82, 2.24) is 15.7 Å². The van der Waals surface area contributed by atoms with Crippen LogP contribution in [0.25, 0.3) is 0 Å². The van der Waals surface area contributed by atoms with Crippen molar-refractivity contribution >= 4 is 17.4 Å². The summed E-state index contributed by atoms with van der Waals surface area (Å²) < 4.78 is 5.36. The molecule has 0 bridgehead atoms. The van der Waals surface area contributed by atoms with E-state index in [4.69, 9.17) is 15.2 Å². The number of carbonyl (C=O) groups excluding carboxylic acids is 1. The molecule has 1 aliphatic carbocycles. The van der Waals surface area contributed by atoms with Gasteiger partial charge in [0.05, 0.1) is 34.1 Å². The normalized spacial score (nSPS) is 16.3. The van der Waals surface area contributed by atoms with E-state index in [1.165, 1.54) is 11.3 Å². The molecule has 140 valence electrons. The van der Waals surface area contributed by atoms with Crippen LogP contribution in [0.15, 0.2) is 35.8 Å². The average Bonchev–Trinajstić information content (AvgIpc) is 3.30. The molecule has 1 unspecified atom stereocenters. The highest BCUT2D eigenvalue weighted by Crippen LogP contribution is 2.46. The molecule has 8 nitrogen and oxygen atoms in total. The van der Waals surface area contributed by atoms with E-state index in [1.54, 1.807) is 5.51 Å². The fraction of sp³-hybridized carbons (Fsp3) is 0.412. The number of ether oxygens (including phenoxy) is 1. The van der Waals surface area contributed by atoms with Crippen LogP contribution in [0, 0.1) is 12.3 Å². The highest BCUT2D eigenvalue weighted by atomic mass is 32.1. The van der Waals surface area contributed by atoms with E-state index in [0.29, 0.717) is 0 Å². The fourth-order valence-corrected chi connectivity index (χ4v) is 3.49. The third-order valence-electron chi connectivity index (χ3n) is 4.39. The molecule has 1 aromatic carbocycles. The Labute approximate surface area is 154 Å². The first-order chi connectivity index (χ1) is 12.5. The largest absolute Gasteiger partial charge is 0.449 e. The molecule has 0 aliphatic heterocycles. The quantitative estimate of drug-likeness (QED) is 0.606. The number of aryl methyl sites for hydroxylation is 1. The number of alkyl carbamates (subject to hydrolysis) is 1.